The highest BCUT2D eigenvalue weighted by Crippen LogP contribution is 2.33. The Bertz CT molecular complexity index is 1050. The molecule has 26 heavy (non-hydrogen) atoms. The molecule has 1 aromatic carbocycles. The quantitative estimate of drug-likeness (QED) is 0.568. The monoisotopic (exact) mass is 389 g/mol. The van der Waals surface area contributed by atoms with Crippen molar-refractivity contribution in [3.05, 3.63) is 50.4 Å². The third-order valence-electron chi connectivity index (χ3n) is 4.75. The summed E-state index contributed by atoms with van der Waals surface area (Å²) in [6, 6.07) is 6.04. The Balaban J connectivity index is 2.40. The van der Waals surface area contributed by atoms with E-state index in [1.165, 1.54) is 0 Å². The van der Waals surface area contributed by atoms with E-state index < -0.39 is 0 Å². The predicted molar refractivity (Wildman–Crippen MR) is 111 cm³/mol. The van der Waals surface area contributed by atoms with Crippen molar-refractivity contribution in [3.8, 4) is 11.4 Å². The molecule has 0 spiro atoms. The van der Waals surface area contributed by atoms with E-state index in [1.54, 1.807) is 20.8 Å². The maximum Gasteiger partial charge on any atom is 0.278 e. The molecule has 0 bridgehead atoms. The van der Waals surface area contributed by atoms with Gasteiger partial charge in [-0.2, -0.15) is 0 Å². The SMILES string of the molecule is CCn1c(-c2cc(C)c(SC)cc2Cl)nn2c(C)cc(C(C)C)c2c1=O. The second kappa shape index (κ2) is 7.12. The zero-order chi connectivity index (χ0) is 19.2. The van der Waals surface area contributed by atoms with Gasteiger partial charge in [0.1, 0.15) is 5.52 Å². The zero-order valence-corrected chi connectivity index (χ0v) is 17.6. The molecule has 0 saturated heterocycles. The highest BCUT2D eigenvalue weighted by atomic mass is 35.5. The van der Waals surface area contributed by atoms with E-state index in [2.05, 4.69) is 26.8 Å². The molecule has 0 aliphatic carbocycles. The molecular formula is C20H24ClN3OS. The molecule has 0 fully saturated rings. The number of benzene rings is 1. The van der Waals surface area contributed by atoms with Crippen LogP contribution in [-0.2, 0) is 6.54 Å². The second-order valence-electron chi connectivity index (χ2n) is 6.83. The Kier molecular flexibility index (Phi) is 5.22. The van der Waals surface area contributed by atoms with Gasteiger partial charge in [-0.3, -0.25) is 9.36 Å². The fourth-order valence-electron chi connectivity index (χ4n) is 3.36. The van der Waals surface area contributed by atoms with Crippen LogP contribution in [0.25, 0.3) is 16.9 Å². The molecule has 3 rings (SSSR count). The Morgan fingerprint density at radius 2 is 1.92 bits per heavy atom. The highest BCUT2D eigenvalue weighted by Gasteiger charge is 2.20. The number of thioether (sulfide) groups is 1. The molecule has 4 nitrogen and oxygen atoms in total. The Morgan fingerprint density at radius 3 is 2.50 bits per heavy atom. The summed E-state index contributed by atoms with van der Waals surface area (Å²) < 4.78 is 3.49. The summed E-state index contributed by atoms with van der Waals surface area (Å²) in [5.74, 6) is 0.871. The molecule has 3 aromatic rings. The lowest BCUT2D eigenvalue weighted by atomic mass is 10.1. The van der Waals surface area contributed by atoms with Gasteiger partial charge in [-0.1, -0.05) is 25.4 Å². The average molecular weight is 390 g/mol. The maximum atomic E-state index is 13.3. The number of aryl methyl sites for hydroxylation is 2. The number of aromatic nitrogens is 3. The summed E-state index contributed by atoms with van der Waals surface area (Å²) in [5, 5.41) is 5.44. The molecule has 0 saturated carbocycles. The van der Waals surface area contributed by atoms with Crippen LogP contribution in [0.3, 0.4) is 0 Å². The molecule has 138 valence electrons. The molecule has 0 N–H and O–H groups in total. The molecule has 6 heteroatoms. The van der Waals surface area contributed by atoms with Crippen LogP contribution in [0, 0.1) is 13.8 Å². The van der Waals surface area contributed by atoms with Crippen LogP contribution < -0.4 is 5.56 Å². The standard InChI is InChI=1S/C20H24ClN3OS/c1-7-23-19(15-8-12(4)17(26-6)10-16(15)21)22-24-13(5)9-14(11(2)3)18(24)20(23)25/h8-11H,7H2,1-6H3. The van der Waals surface area contributed by atoms with E-state index >= 15 is 0 Å². The lowest BCUT2D eigenvalue weighted by Crippen LogP contribution is -2.26. The number of nitrogens with zero attached hydrogens (tertiary/aromatic N) is 3. The van der Waals surface area contributed by atoms with E-state index in [0.29, 0.717) is 22.9 Å². The summed E-state index contributed by atoms with van der Waals surface area (Å²) in [6.07, 6.45) is 2.03. The van der Waals surface area contributed by atoms with E-state index in [1.807, 2.05) is 32.2 Å². The largest absolute Gasteiger partial charge is 0.290 e. The van der Waals surface area contributed by atoms with E-state index in [0.717, 1.165) is 27.3 Å². The summed E-state index contributed by atoms with van der Waals surface area (Å²) in [7, 11) is 0. The molecule has 0 aliphatic heterocycles. The smallest absolute Gasteiger partial charge is 0.278 e. The first-order valence-electron chi connectivity index (χ1n) is 8.77. The van der Waals surface area contributed by atoms with Crippen molar-refractivity contribution in [1.29, 1.82) is 0 Å². The van der Waals surface area contributed by atoms with E-state index in [4.69, 9.17) is 16.7 Å². The Hall–Kier alpha value is -1.72. The van der Waals surface area contributed by atoms with Crippen molar-refractivity contribution < 1.29 is 0 Å². The summed E-state index contributed by atoms with van der Waals surface area (Å²) in [4.78, 5) is 14.4. The number of fused-ring (bicyclic) bond motifs is 1. The van der Waals surface area contributed by atoms with Gasteiger partial charge in [0.15, 0.2) is 5.82 Å². The Morgan fingerprint density at radius 1 is 1.23 bits per heavy atom. The first kappa shape index (κ1) is 19.1. The topological polar surface area (TPSA) is 39.3 Å². The minimum Gasteiger partial charge on any atom is -0.290 e. The molecule has 0 atom stereocenters. The van der Waals surface area contributed by atoms with Gasteiger partial charge in [0.2, 0.25) is 0 Å². The molecule has 0 radical (unpaired) electrons. The molecule has 2 aromatic heterocycles. The predicted octanol–water partition coefficient (Wildman–Crippen LogP) is 5.30. The normalized spacial score (nSPS) is 11.7. The Labute approximate surface area is 163 Å². The van der Waals surface area contributed by atoms with Gasteiger partial charge in [0.25, 0.3) is 5.56 Å². The van der Waals surface area contributed by atoms with Crippen molar-refractivity contribution in [3.63, 3.8) is 0 Å². The molecular weight excluding hydrogens is 366 g/mol. The molecule has 0 unspecified atom stereocenters. The summed E-state index contributed by atoms with van der Waals surface area (Å²) in [5.41, 5.74) is 4.56. The fourth-order valence-corrected chi connectivity index (χ4v) is 4.29. The van der Waals surface area contributed by atoms with Gasteiger partial charge in [0, 0.05) is 22.7 Å². The van der Waals surface area contributed by atoms with Crippen molar-refractivity contribution in [2.45, 2.75) is 52.0 Å². The van der Waals surface area contributed by atoms with Crippen LogP contribution in [-0.4, -0.2) is 20.4 Å². The first-order valence-corrected chi connectivity index (χ1v) is 10.4. The number of hydrogen-bond donors (Lipinski definition) is 0. The molecule has 2 heterocycles. The highest BCUT2D eigenvalue weighted by molar-refractivity contribution is 7.98. The van der Waals surface area contributed by atoms with Crippen molar-refractivity contribution in [2.75, 3.05) is 6.26 Å². The molecule has 0 aliphatic rings. The van der Waals surface area contributed by atoms with E-state index in [9.17, 15) is 4.79 Å². The average Bonchev–Trinajstić information content (AvgIpc) is 2.94. The molecule has 0 amide bonds. The van der Waals surface area contributed by atoms with Crippen molar-refractivity contribution in [2.24, 2.45) is 0 Å². The zero-order valence-electron chi connectivity index (χ0n) is 16.1. The third-order valence-corrected chi connectivity index (χ3v) is 5.94. The van der Waals surface area contributed by atoms with Crippen LogP contribution in [0.5, 0.6) is 0 Å². The van der Waals surface area contributed by atoms with Gasteiger partial charge in [-0.05, 0) is 62.3 Å². The van der Waals surface area contributed by atoms with Gasteiger partial charge in [-0.15, -0.1) is 16.9 Å². The van der Waals surface area contributed by atoms with Gasteiger partial charge in [0.05, 0.1) is 5.02 Å². The lowest BCUT2D eigenvalue weighted by molar-refractivity contribution is 0.686. The van der Waals surface area contributed by atoms with Gasteiger partial charge >= 0.3 is 0 Å². The first-order chi connectivity index (χ1) is 12.3. The van der Waals surface area contributed by atoms with Crippen LogP contribution in [0.4, 0.5) is 0 Å². The maximum absolute atomic E-state index is 13.3. The number of rotatable bonds is 4. The number of hydrogen-bond acceptors (Lipinski definition) is 3. The number of halogens is 1. The fraction of sp³-hybridized carbons (Fsp3) is 0.400. The van der Waals surface area contributed by atoms with Gasteiger partial charge in [-0.25, -0.2) is 4.52 Å². The van der Waals surface area contributed by atoms with Gasteiger partial charge < -0.3 is 0 Å². The minimum atomic E-state index is -0.0167. The van der Waals surface area contributed by atoms with Crippen LogP contribution >= 0.6 is 23.4 Å². The summed E-state index contributed by atoms with van der Waals surface area (Å²) in [6.45, 7) is 10.7. The van der Waals surface area contributed by atoms with Crippen LogP contribution in [0.2, 0.25) is 5.02 Å². The van der Waals surface area contributed by atoms with E-state index in [-0.39, 0.29) is 11.5 Å². The van der Waals surface area contributed by atoms with Crippen LogP contribution in [0.1, 0.15) is 43.5 Å². The minimum absolute atomic E-state index is 0.0167. The van der Waals surface area contributed by atoms with Crippen molar-refractivity contribution >= 4 is 28.9 Å². The summed E-state index contributed by atoms with van der Waals surface area (Å²) >= 11 is 8.22. The second-order valence-corrected chi connectivity index (χ2v) is 8.09. The van der Waals surface area contributed by atoms with Crippen molar-refractivity contribution in [1.82, 2.24) is 14.2 Å². The lowest BCUT2D eigenvalue weighted by Gasteiger charge is -2.15. The third kappa shape index (κ3) is 2.97. The van der Waals surface area contributed by atoms with Crippen LogP contribution in [0.15, 0.2) is 27.9 Å².